The molecule has 0 spiro atoms. The summed E-state index contributed by atoms with van der Waals surface area (Å²) >= 11 is 0. The first-order chi connectivity index (χ1) is 12.9. The highest BCUT2D eigenvalue weighted by Crippen LogP contribution is 2.47. The number of pyridine rings is 1. The maximum atomic E-state index is 12.3. The van der Waals surface area contributed by atoms with E-state index in [4.69, 9.17) is 6.40 Å². The van der Waals surface area contributed by atoms with Gasteiger partial charge in [-0.3, -0.25) is 9.89 Å². The molecule has 1 aliphatic rings. The fraction of sp³-hybridized carbons (Fsp3) is 0.368. The standard InChI is InChI=1S/C19H20N6O/c1-9-7-25-8-15(21-18(25)11(3)10(9)2)12-4-5-13(12)16-22-17-14(6-20-24-17)19(26)23-16/h6-8,12-13H,4-5H2,1-3H3,(H2,20,22,23,24,26)/t12-,13+/m0/s1/i/hD. The van der Waals surface area contributed by atoms with E-state index < -0.39 is 0 Å². The zero-order chi connectivity index (χ0) is 18.9. The van der Waals surface area contributed by atoms with Crippen molar-refractivity contribution in [3.05, 3.63) is 57.2 Å². The van der Waals surface area contributed by atoms with Crippen LogP contribution in [-0.4, -0.2) is 29.5 Å². The number of aryl methyl sites for hydroxylation is 2. The number of hydrogen-bond acceptors (Lipinski definition) is 4. The normalized spacial score (nSPS) is 20.5. The van der Waals surface area contributed by atoms with Crippen LogP contribution in [0.4, 0.5) is 0 Å². The van der Waals surface area contributed by atoms with Crippen molar-refractivity contribution in [2.45, 2.75) is 45.4 Å². The number of aromatic amines is 2. The summed E-state index contributed by atoms with van der Waals surface area (Å²) in [5.41, 5.74) is 5.79. The number of aromatic nitrogens is 6. The van der Waals surface area contributed by atoms with Gasteiger partial charge in [0, 0.05) is 24.2 Å². The molecule has 4 aromatic rings. The van der Waals surface area contributed by atoms with Gasteiger partial charge < -0.3 is 9.38 Å². The summed E-state index contributed by atoms with van der Waals surface area (Å²) in [5.74, 6) is 0.941. The van der Waals surface area contributed by atoms with Crippen LogP contribution in [0, 0.1) is 20.8 Å². The van der Waals surface area contributed by atoms with Gasteiger partial charge in [-0.05, 0) is 50.3 Å². The molecule has 0 unspecified atom stereocenters. The smallest absolute Gasteiger partial charge is 0.262 e. The Labute approximate surface area is 151 Å². The quantitative estimate of drug-likeness (QED) is 0.582. The molecule has 7 nitrogen and oxygen atoms in total. The summed E-state index contributed by atoms with van der Waals surface area (Å²) in [6.45, 7) is 6.34. The lowest BCUT2D eigenvalue weighted by molar-refractivity contribution is 0.327. The Morgan fingerprint density at radius 3 is 2.73 bits per heavy atom. The fourth-order valence-corrected chi connectivity index (χ4v) is 3.91. The van der Waals surface area contributed by atoms with Crippen LogP contribution in [-0.2, 0) is 0 Å². The van der Waals surface area contributed by atoms with E-state index in [1.165, 1.54) is 22.9 Å². The summed E-state index contributed by atoms with van der Waals surface area (Å²) in [4.78, 5) is 24.6. The molecule has 0 amide bonds. The lowest BCUT2D eigenvalue weighted by atomic mass is 9.71. The number of fused-ring (bicyclic) bond motifs is 2. The maximum absolute atomic E-state index is 12.3. The highest BCUT2D eigenvalue weighted by atomic mass is 16.1. The van der Waals surface area contributed by atoms with Crippen LogP contribution in [0.25, 0.3) is 16.7 Å². The van der Waals surface area contributed by atoms with Gasteiger partial charge in [-0.25, -0.2) is 9.97 Å². The van der Waals surface area contributed by atoms with E-state index in [1.54, 1.807) is 0 Å². The third-order valence-electron chi connectivity index (χ3n) is 5.87. The fourth-order valence-electron chi connectivity index (χ4n) is 3.91. The predicted octanol–water partition coefficient (Wildman–Crippen LogP) is 2.88. The van der Waals surface area contributed by atoms with Crippen molar-refractivity contribution < 1.29 is 1.41 Å². The first kappa shape index (κ1) is 14.2. The van der Waals surface area contributed by atoms with Crippen LogP contribution in [0.1, 0.15) is 52.9 Å². The molecule has 4 aromatic heterocycles. The van der Waals surface area contributed by atoms with Crippen molar-refractivity contribution in [3.8, 4) is 0 Å². The summed E-state index contributed by atoms with van der Waals surface area (Å²) in [6.07, 6.45) is 7.54. The molecule has 0 aliphatic heterocycles. The minimum Gasteiger partial charge on any atom is -0.310 e. The van der Waals surface area contributed by atoms with Gasteiger partial charge in [-0.2, -0.15) is 5.10 Å². The average molecular weight is 349 g/mol. The van der Waals surface area contributed by atoms with Gasteiger partial charge in [-0.15, -0.1) is 0 Å². The molecule has 0 saturated heterocycles. The molecule has 0 aromatic carbocycles. The van der Waals surface area contributed by atoms with Crippen molar-refractivity contribution >= 4 is 16.7 Å². The van der Waals surface area contributed by atoms with Crippen LogP contribution in [0.5, 0.6) is 0 Å². The first-order valence-electron chi connectivity index (χ1n) is 9.31. The monoisotopic (exact) mass is 349 g/mol. The molecular formula is C19H20N6O. The SMILES string of the molecule is [2H]n1ncc2c(=O)[nH]c([C@@H]3CC[C@@H]3c3cn4cc(C)c(C)c(C)c4n3)nc21. The van der Waals surface area contributed by atoms with Gasteiger partial charge >= 0.3 is 0 Å². The Bertz CT molecular complexity index is 1270. The van der Waals surface area contributed by atoms with Crippen molar-refractivity contribution in [2.75, 3.05) is 0 Å². The molecule has 1 saturated carbocycles. The third-order valence-corrected chi connectivity index (χ3v) is 5.87. The summed E-state index contributed by atoms with van der Waals surface area (Å²) in [6, 6.07) is 0. The molecule has 1 fully saturated rings. The molecule has 2 atom stereocenters. The number of rotatable bonds is 2. The Hall–Kier alpha value is -2.96. The van der Waals surface area contributed by atoms with Gasteiger partial charge in [0.1, 0.15) is 16.9 Å². The minimum atomic E-state index is -0.240. The molecule has 0 radical (unpaired) electrons. The average Bonchev–Trinajstić information content (AvgIpc) is 3.17. The largest absolute Gasteiger partial charge is 0.310 e. The number of imidazole rings is 1. The maximum Gasteiger partial charge on any atom is 0.262 e. The molecule has 4 heterocycles. The molecule has 0 bridgehead atoms. The molecule has 5 rings (SSSR count). The van der Waals surface area contributed by atoms with Crippen LogP contribution < -0.4 is 5.56 Å². The van der Waals surface area contributed by atoms with Crippen LogP contribution in [0.2, 0.25) is 1.41 Å². The summed E-state index contributed by atoms with van der Waals surface area (Å²) in [5, 5.41) is 5.07. The van der Waals surface area contributed by atoms with Crippen molar-refractivity contribution in [2.24, 2.45) is 0 Å². The van der Waals surface area contributed by atoms with E-state index >= 15 is 0 Å². The topological polar surface area (TPSA) is 91.7 Å². The summed E-state index contributed by atoms with van der Waals surface area (Å²) in [7, 11) is 0. The van der Waals surface area contributed by atoms with Crippen LogP contribution in [0.3, 0.4) is 0 Å². The van der Waals surface area contributed by atoms with E-state index in [1.807, 2.05) is 0 Å². The third kappa shape index (κ3) is 2.06. The highest BCUT2D eigenvalue weighted by molar-refractivity contribution is 5.72. The molecule has 1 aliphatic carbocycles. The first-order valence-corrected chi connectivity index (χ1v) is 8.86. The number of nitrogens with zero attached hydrogens (tertiary/aromatic N) is 4. The van der Waals surface area contributed by atoms with E-state index in [0.717, 1.165) is 29.3 Å². The Balaban J connectivity index is 1.58. The molecule has 2 N–H and O–H groups in total. The van der Waals surface area contributed by atoms with Crippen molar-refractivity contribution in [1.29, 1.82) is 0 Å². The minimum absolute atomic E-state index is 0.101. The number of H-pyrrole nitrogens is 2. The Morgan fingerprint density at radius 2 is 1.96 bits per heavy atom. The Kier molecular flexibility index (Phi) is 2.88. The molecule has 7 heteroatoms. The van der Waals surface area contributed by atoms with Gasteiger partial charge in [0.05, 0.1) is 11.9 Å². The number of hydrogen-bond donors (Lipinski definition) is 2. The number of nitrogens with one attached hydrogen (secondary N) is 2. The second kappa shape index (κ2) is 5.27. The van der Waals surface area contributed by atoms with Gasteiger partial charge in [0.15, 0.2) is 7.06 Å². The van der Waals surface area contributed by atoms with Crippen LogP contribution in [0.15, 0.2) is 23.4 Å². The van der Waals surface area contributed by atoms with E-state index in [9.17, 15) is 4.79 Å². The predicted molar refractivity (Wildman–Crippen MR) is 98.6 cm³/mol. The molecule has 26 heavy (non-hydrogen) atoms. The zero-order valence-electron chi connectivity index (χ0n) is 15.9. The second-order valence-corrected chi connectivity index (χ2v) is 7.28. The van der Waals surface area contributed by atoms with Crippen molar-refractivity contribution in [3.63, 3.8) is 0 Å². The van der Waals surface area contributed by atoms with E-state index in [2.05, 4.69) is 52.6 Å². The highest BCUT2D eigenvalue weighted by Gasteiger charge is 2.37. The lowest BCUT2D eigenvalue weighted by Crippen LogP contribution is -2.26. The second-order valence-electron chi connectivity index (χ2n) is 7.28. The van der Waals surface area contributed by atoms with E-state index in [-0.39, 0.29) is 17.4 Å². The van der Waals surface area contributed by atoms with Gasteiger partial charge in [0.2, 0.25) is 0 Å². The zero-order valence-corrected chi connectivity index (χ0v) is 14.9. The van der Waals surface area contributed by atoms with Gasteiger partial charge in [0.25, 0.3) is 5.56 Å². The summed E-state index contributed by atoms with van der Waals surface area (Å²) < 4.78 is 9.88. The molecule has 132 valence electrons. The van der Waals surface area contributed by atoms with E-state index in [0.29, 0.717) is 16.9 Å². The van der Waals surface area contributed by atoms with Gasteiger partial charge in [-0.1, -0.05) is 0 Å². The Morgan fingerprint density at radius 1 is 1.15 bits per heavy atom. The molecular weight excluding hydrogens is 328 g/mol. The lowest BCUT2D eigenvalue weighted by Gasteiger charge is -2.34. The van der Waals surface area contributed by atoms with Crippen molar-refractivity contribution in [1.82, 2.24) is 29.5 Å². The van der Waals surface area contributed by atoms with Crippen LogP contribution >= 0.6 is 0 Å².